The molecule has 30 heavy (non-hydrogen) atoms. The van der Waals surface area contributed by atoms with E-state index in [4.69, 9.17) is 9.97 Å². The van der Waals surface area contributed by atoms with Crippen molar-refractivity contribution >= 4 is 23.2 Å². The van der Waals surface area contributed by atoms with Crippen LogP contribution in [0.3, 0.4) is 0 Å². The zero-order chi connectivity index (χ0) is 21.3. The Morgan fingerprint density at radius 3 is 2.50 bits per heavy atom. The molecule has 0 aliphatic rings. The summed E-state index contributed by atoms with van der Waals surface area (Å²) in [6.45, 7) is 6.66. The summed E-state index contributed by atoms with van der Waals surface area (Å²) >= 11 is 0. The Kier molecular flexibility index (Phi) is 5.19. The van der Waals surface area contributed by atoms with E-state index in [1.807, 2.05) is 68.5 Å². The lowest BCUT2D eigenvalue weighted by atomic mass is 9.99. The highest BCUT2D eigenvalue weighted by Crippen LogP contribution is 2.26. The van der Waals surface area contributed by atoms with Crippen molar-refractivity contribution in [3.8, 4) is 11.1 Å². The van der Waals surface area contributed by atoms with Crippen molar-refractivity contribution in [2.24, 2.45) is 0 Å². The highest BCUT2D eigenvalue weighted by molar-refractivity contribution is 5.96. The molecule has 150 valence electrons. The molecule has 4 rings (SSSR count). The maximum Gasteiger partial charge on any atom is 0.336 e. The first-order valence-corrected chi connectivity index (χ1v) is 9.86. The minimum Gasteiger partial charge on any atom is -0.478 e. The fourth-order valence-corrected chi connectivity index (χ4v) is 3.75. The number of nitrogens with zero attached hydrogens (tertiary/aromatic N) is 3. The Balaban J connectivity index is 1.73. The average Bonchev–Trinajstić information content (AvgIpc) is 3.06. The van der Waals surface area contributed by atoms with Crippen LogP contribution in [0.5, 0.6) is 0 Å². The molecule has 0 aliphatic carbocycles. The number of imidazole rings is 1. The second-order valence-corrected chi connectivity index (χ2v) is 7.36. The molecule has 4 aromatic rings. The van der Waals surface area contributed by atoms with E-state index in [9.17, 15) is 9.90 Å². The van der Waals surface area contributed by atoms with Crippen LogP contribution < -0.4 is 0 Å². The molecule has 0 spiro atoms. The van der Waals surface area contributed by atoms with E-state index in [1.165, 1.54) is 0 Å². The number of carboxylic acids is 1. The third-order valence-corrected chi connectivity index (χ3v) is 5.13. The van der Waals surface area contributed by atoms with Gasteiger partial charge in [-0.3, -0.25) is 0 Å². The Bertz CT molecular complexity index is 1270. The molecule has 0 atom stereocenters. The van der Waals surface area contributed by atoms with E-state index in [1.54, 1.807) is 12.1 Å². The summed E-state index contributed by atoms with van der Waals surface area (Å²) in [5.41, 5.74) is 6.87. The van der Waals surface area contributed by atoms with Crippen LogP contribution in [0.25, 0.3) is 28.4 Å². The zero-order valence-electron chi connectivity index (χ0n) is 17.3. The summed E-state index contributed by atoms with van der Waals surface area (Å²) in [6.07, 6.45) is 3.97. The lowest BCUT2D eigenvalue weighted by Gasteiger charge is -2.10. The summed E-state index contributed by atoms with van der Waals surface area (Å²) in [5.74, 6) is -0.0543. The van der Waals surface area contributed by atoms with Crippen molar-refractivity contribution in [1.82, 2.24) is 14.5 Å². The number of carboxylic acid groups (broad SMARTS) is 1. The quantitative estimate of drug-likeness (QED) is 0.483. The predicted molar refractivity (Wildman–Crippen MR) is 120 cm³/mol. The van der Waals surface area contributed by atoms with Gasteiger partial charge < -0.3 is 9.67 Å². The average molecular weight is 397 g/mol. The third-order valence-electron chi connectivity index (χ3n) is 5.13. The molecule has 5 heteroatoms. The summed E-state index contributed by atoms with van der Waals surface area (Å²) in [7, 11) is 0. The number of fused-ring (bicyclic) bond motifs is 1. The molecule has 2 heterocycles. The smallest absolute Gasteiger partial charge is 0.336 e. The van der Waals surface area contributed by atoms with E-state index in [0.29, 0.717) is 17.7 Å². The van der Waals surface area contributed by atoms with Crippen molar-refractivity contribution in [1.29, 1.82) is 0 Å². The number of hydrogen-bond acceptors (Lipinski definition) is 3. The van der Waals surface area contributed by atoms with Gasteiger partial charge in [-0.2, -0.15) is 0 Å². The maximum absolute atomic E-state index is 11.5. The number of aromatic nitrogens is 3. The van der Waals surface area contributed by atoms with Gasteiger partial charge in [-0.15, -0.1) is 0 Å². The monoisotopic (exact) mass is 397 g/mol. The van der Waals surface area contributed by atoms with Gasteiger partial charge in [0.25, 0.3) is 0 Å². The molecular weight excluding hydrogens is 374 g/mol. The van der Waals surface area contributed by atoms with Crippen molar-refractivity contribution in [3.63, 3.8) is 0 Å². The molecule has 5 nitrogen and oxygen atoms in total. The van der Waals surface area contributed by atoms with Crippen molar-refractivity contribution in [2.75, 3.05) is 0 Å². The Morgan fingerprint density at radius 2 is 1.80 bits per heavy atom. The molecule has 2 aromatic heterocycles. The maximum atomic E-state index is 11.5. The molecule has 0 aliphatic heterocycles. The fraction of sp³-hybridized carbons (Fsp3) is 0.160. The highest BCUT2D eigenvalue weighted by atomic mass is 16.4. The second-order valence-electron chi connectivity index (χ2n) is 7.36. The number of hydrogen-bond donors (Lipinski definition) is 1. The molecule has 0 saturated heterocycles. The SMILES string of the molecule is C/C=C/c1nc2c(C)cc(C)nc2n1Cc1ccc(-c2ccccc2C(=O)O)cc1. The lowest BCUT2D eigenvalue weighted by Crippen LogP contribution is -2.04. The van der Waals surface area contributed by atoms with Gasteiger partial charge in [0.05, 0.1) is 12.1 Å². The summed E-state index contributed by atoms with van der Waals surface area (Å²) in [6, 6.07) is 17.1. The fourth-order valence-electron chi connectivity index (χ4n) is 3.75. The van der Waals surface area contributed by atoms with Gasteiger partial charge in [-0.1, -0.05) is 48.5 Å². The molecule has 0 bridgehead atoms. The molecular formula is C25H23N3O2. The van der Waals surface area contributed by atoms with Crippen molar-refractivity contribution in [3.05, 3.63) is 88.9 Å². The number of aryl methyl sites for hydroxylation is 2. The van der Waals surface area contributed by atoms with Crippen LogP contribution in [0.2, 0.25) is 0 Å². The van der Waals surface area contributed by atoms with Gasteiger partial charge in [0.2, 0.25) is 0 Å². The predicted octanol–water partition coefficient (Wildman–Crippen LogP) is 5.49. The molecule has 0 fully saturated rings. The number of allylic oxidation sites excluding steroid dienone is 1. The van der Waals surface area contributed by atoms with E-state index >= 15 is 0 Å². The van der Waals surface area contributed by atoms with Gasteiger partial charge in [0.15, 0.2) is 5.65 Å². The van der Waals surface area contributed by atoms with E-state index in [2.05, 4.69) is 11.5 Å². The van der Waals surface area contributed by atoms with Crippen LogP contribution in [0.15, 0.2) is 60.7 Å². The molecule has 0 radical (unpaired) electrons. The van der Waals surface area contributed by atoms with Crippen LogP contribution in [0.4, 0.5) is 0 Å². The largest absolute Gasteiger partial charge is 0.478 e. The first kappa shape index (κ1) is 19.6. The first-order valence-electron chi connectivity index (χ1n) is 9.86. The van der Waals surface area contributed by atoms with Crippen molar-refractivity contribution < 1.29 is 9.90 Å². The molecule has 1 N–H and O–H groups in total. The van der Waals surface area contributed by atoms with Gasteiger partial charge in [0.1, 0.15) is 11.3 Å². The minimum absolute atomic E-state index is 0.302. The molecule has 2 aromatic carbocycles. The Labute approximate surface area is 175 Å². The van der Waals surface area contributed by atoms with Gasteiger partial charge in [-0.05, 0) is 61.2 Å². The van der Waals surface area contributed by atoms with Crippen LogP contribution in [-0.2, 0) is 6.54 Å². The lowest BCUT2D eigenvalue weighted by molar-refractivity contribution is 0.0697. The zero-order valence-corrected chi connectivity index (χ0v) is 17.3. The third kappa shape index (κ3) is 3.62. The van der Waals surface area contributed by atoms with Crippen molar-refractivity contribution in [2.45, 2.75) is 27.3 Å². The van der Waals surface area contributed by atoms with Crippen LogP contribution in [0.1, 0.15) is 39.9 Å². The highest BCUT2D eigenvalue weighted by Gasteiger charge is 2.14. The second kappa shape index (κ2) is 7.95. The number of benzene rings is 2. The Hall–Kier alpha value is -3.73. The summed E-state index contributed by atoms with van der Waals surface area (Å²) in [5, 5.41) is 9.46. The summed E-state index contributed by atoms with van der Waals surface area (Å²) < 4.78 is 2.12. The van der Waals surface area contributed by atoms with Gasteiger partial charge >= 0.3 is 5.97 Å². The number of pyridine rings is 1. The van der Waals surface area contributed by atoms with Gasteiger partial charge in [-0.25, -0.2) is 14.8 Å². The summed E-state index contributed by atoms with van der Waals surface area (Å²) in [4.78, 5) is 21.0. The first-order chi connectivity index (χ1) is 14.5. The number of carbonyl (C=O) groups is 1. The van der Waals surface area contributed by atoms with Crippen LogP contribution >= 0.6 is 0 Å². The molecule has 0 saturated carbocycles. The topological polar surface area (TPSA) is 68.0 Å². The van der Waals surface area contributed by atoms with Gasteiger partial charge in [0, 0.05) is 5.69 Å². The number of aromatic carboxylic acids is 1. The molecule has 0 amide bonds. The van der Waals surface area contributed by atoms with E-state index < -0.39 is 5.97 Å². The number of rotatable bonds is 5. The van der Waals surface area contributed by atoms with E-state index in [0.717, 1.165) is 39.4 Å². The van der Waals surface area contributed by atoms with Crippen LogP contribution in [-0.4, -0.2) is 25.6 Å². The van der Waals surface area contributed by atoms with Crippen LogP contribution in [0, 0.1) is 13.8 Å². The molecule has 0 unspecified atom stereocenters. The standard InChI is InChI=1S/C25H23N3O2/c1-4-7-22-27-23-16(2)14-17(3)26-24(23)28(22)15-18-10-12-19(13-11-18)20-8-5-6-9-21(20)25(29)30/h4-14H,15H2,1-3H3,(H,29,30)/b7-4+. The normalized spacial score (nSPS) is 11.4. The minimum atomic E-state index is -0.924. The van der Waals surface area contributed by atoms with E-state index in [-0.39, 0.29) is 0 Å². The Morgan fingerprint density at radius 1 is 1.07 bits per heavy atom.